The summed E-state index contributed by atoms with van der Waals surface area (Å²) in [5.41, 5.74) is 2.28. The van der Waals surface area contributed by atoms with E-state index in [2.05, 4.69) is 9.72 Å². The van der Waals surface area contributed by atoms with Crippen molar-refractivity contribution in [1.82, 2.24) is 4.98 Å². The number of aromatic nitrogens is 1. The van der Waals surface area contributed by atoms with Crippen molar-refractivity contribution in [3.05, 3.63) is 23.0 Å². The number of nitrogens with zero attached hydrogens (tertiary/aromatic N) is 1. The molecular weight excluding hydrogens is 279 g/mol. The first-order chi connectivity index (χ1) is 8.67. The van der Waals surface area contributed by atoms with Gasteiger partial charge in [-0.25, -0.2) is 18.6 Å². The summed E-state index contributed by atoms with van der Waals surface area (Å²) >= 11 is 0. The van der Waals surface area contributed by atoms with E-state index in [0.29, 0.717) is 6.20 Å². The van der Waals surface area contributed by atoms with E-state index in [1.165, 1.54) is 0 Å². The minimum Gasteiger partial charge on any atom is -0.476 e. The van der Waals surface area contributed by atoms with Gasteiger partial charge in [0.25, 0.3) is 6.43 Å². The largest absolute Gasteiger partial charge is 0.573 e. The Bertz CT molecular complexity index is 489. The summed E-state index contributed by atoms with van der Waals surface area (Å²) in [4.78, 5) is 13.8. The van der Waals surface area contributed by atoms with Crippen molar-refractivity contribution >= 4 is 5.97 Å². The molecule has 19 heavy (non-hydrogen) atoms. The second-order valence-corrected chi connectivity index (χ2v) is 3.23. The molecule has 1 rings (SSSR count). The van der Waals surface area contributed by atoms with Gasteiger partial charge in [-0.1, -0.05) is 0 Å². The Labute approximate surface area is 102 Å². The highest BCUT2D eigenvalue weighted by molar-refractivity contribution is 5.89. The second-order valence-electron chi connectivity index (χ2n) is 3.23. The number of carboxylic acid groups (broad SMARTS) is 1. The van der Waals surface area contributed by atoms with Crippen molar-refractivity contribution in [2.75, 3.05) is 0 Å². The molecule has 0 fully saturated rings. The number of hydrogen-bond donors (Lipinski definition) is 2. The number of pyridine rings is 1. The van der Waals surface area contributed by atoms with Gasteiger partial charge in [0.15, 0.2) is 11.4 Å². The molecule has 1 aromatic rings. The number of alkyl halides is 5. The molecule has 0 unspecified atom stereocenters. The van der Waals surface area contributed by atoms with Crippen LogP contribution in [0.15, 0.2) is 6.20 Å². The van der Waals surface area contributed by atoms with Gasteiger partial charge in [-0.3, -0.25) is 0 Å². The van der Waals surface area contributed by atoms with Gasteiger partial charge in [0.1, 0.15) is 0 Å². The molecule has 0 spiro atoms. The smallest absolute Gasteiger partial charge is 0.476 e. The average molecular weight is 286 g/mol. The van der Waals surface area contributed by atoms with Crippen molar-refractivity contribution < 1.29 is 36.6 Å². The molecule has 0 aliphatic heterocycles. The molecule has 0 atom stereocenters. The van der Waals surface area contributed by atoms with Crippen LogP contribution in [0.25, 0.3) is 0 Å². The van der Waals surface area contributed by atoms with Gasteiger partial charge in [-0.15, -0.1) is 13.2 Å². The molecule has 0 bridgehead atoms. The van der Waals surface area contributed by atoms with E-state index < -0.39 is 47.9 Å². The second kappa shape index (κ2) is 5.34. The molecule has 0 saturated carbocycles. The van der Waals surface area contributed by atoms with Crippen LogP contribution in [0.5, 0.6) is 5.75 Å². The Kier molecular flexibility index (Phi) is 4.24. The normalized spacial score (nSPS) is 11.7. The van der Waals surface area contributed by atoms with Crippen LogP contribution in [0.3, 0.4) is 0 Å². The summed E-state index contributed by atoms with van der Waals surface area (Å²) in [7, 11) is 0. The Hall–Kier alpha value is -1.97. The fourth-order valence-corrected chi connectivity index (χ4v) is 1.32. The van der Waals surface area contributed by atoms with Crippen LogP contribution in [-0.4, -0.2) is 22.4 Å². The van der Waals surface area contributed by atoms with E-state index in [1.807, 2.05) is 0 Å². The lowest BCUT2D eigenvalue weighted by atomic mass is 10.1. The third-order valence-corrected chi connectivity index (χ3v) is 2.03. The van der Waals surface area contributed by atoms with Crippen LogP contribution in [0.1, 0.15) is 28.0 Å². The number of aromatic carboxylic acids is 1. The molecule has 0 aliphatic rings. The van der Waals surface area contributed by atoms with E-state index in [1.54, 1.807) is 0 Å². The first kappa shape index (κ1) is 15.1. The number of ether oxygens (including phenoxy) is 1. The molecule has 3 N–H and O–H groups in total. The van der Waals surface area contributed by atoms with Crippen LogP contribution < -0.4 is 10.5 Å². The average Bonchev–Trinajstić information content (AvgIpc) is 2.25. The molecule has 5 nitrogen and oxygen atoms in total. The Morgan fingerprint density at radius 3 is 2.42 bits per heavy atom. The first-order valence-corrected chi connectivity index (χ1v) is 4.66. The maximum absolute atomic E-state index is 12.6. The van der Waals surface area contributed by atoms with Gasteiger partial charge in [0.05, 0.1) is 0 Å². The topological polar surface area (TPSA) is 85.4 Å². The van der Waals surface area contributed by atoms with Crippen LogP contribution in [0, 0.1) is 0 Å². The fourth-order valence-electron chi connectivity index (χ4n) is 1.32. The maximum atomic E-state index is 12.6. The molecule has 0 radical (unpaired) electrons. The number of carbonyl (C=O) groups is 1. The van der Waals surface area contributed by atoms with E-state index in [4.69, 9.17) is 10.8 Å². The quantitative estimate of drug-likeness (QED) is 0.828. The van der Waals surface area contributed by atoms with Gasteiger partial charge in [-0.05, 0) is 0 Å². The van der Waals surface area contributed by atoms with Crippen molar-refractivity contribution in [2.24, 2.45) is 5.73 Å². The van der Waals surface area contributed by atoms with E-state index >= 15 is 0 Å². The molecule has 106 valence electrons. The van der Waals surface area contributed by atoms with Crippen LogP contribution in [-0.2, 0) is 6.54 Å². The summed E-state index contributed by atoms with van der Waals surface area (Å²) in [6, 6.07) is 0. The molecule has 10 heteroatoms. The SMILES string of the molecule is NCc1c(C(F)F)cnc(C(=O)O)c1OC(F)(F)F. The minimum absolute atomic E-state index is 0.458. The van der Waals surface area contributed by atoms with Gasteiger partial charge in [-0.2, -0.15) is 0 Å². The highest BCUT2D eigenvalue weighted by Gasteiger charge is 2.36. The Morgan fingerprint density at radius 1 is 1.47 bits per heavy atom. The van der Waals surface area contributed by atoms with Gasteiger partial charge < -0.3 is 15.6 Å². The van der Waals surface area contributed by atoms with Gasteiger partial charge in [0, 0.05) is 23.9 Å². The van der Waals surface area contributed by atoms with Crippen molar-refractivity contribution in [1.29, 1.82) is 0 Å². The van der Waals surface area contributed by atoms with Crippen LogP contribution in [0.4, 0.5) is 22.0 Å². The van der Waals surface area contributed by atoms with Crippen LogP contribution >= 0.6 is 0 Å². The summed E-state index contributed by atoms with van der Waals surface area (Å²) in [6.45, 7) is -0.756. The fraction of sp³-hybridized carbons (Fsp3) is 0.333. The number of rotatable bonds is 4. The van der Waals surface area contributed by atoms with E-state index in [-0.39, 0.29) is 0 Å². The minimum atomic E-state index is -5.25. The maximum Gasteiger partial charge on any atom is 0.573 e. The highest BCUT2D eigenvalue weighted by Crippen LogP contribution is 2.34. The third kappa shape index (κ3) is 3.50. The summed E-state index contributed by atoms with van der Waals surface area (Å²) < 4.78 is 65.1. The molecular formula is C9H7F5N2O3. The lowest BCUT2D eigenvalue weighted by Gasteiger charge is -2.16. The molecule has 0 aliphatic carbocycles. The summed E-state index contributed by atoms with van der Waals surface area (Å²) in [5.74, 6) is -3.17. The standard InChI is InChI=1S/C9H7F5N2O3/c10-7(11)4-2-16-5(8(17)18)6(3(4)1-15)19-9(12,13)14/h2,7H,1,15H2,(H,17,18). The zero-order valence-electron chi connectivity index (χ0n) is 9.04. The Balaban J connectivity index is 3.50. The third-order valence-electron chi connectivity index (χ3n) is 2.03. The molecule has 1 heterocycles. The predicted molar refractivity (Wildman–Crippen MR) is 50.7 cm³/mol. The Morgan fingerprint density at radius 2 is 2.05 bits per heavy atom. The lowest BCUT2D eigenvalue weighted by Crippen LogP contribution is -2.22. The number of halogens is 5. The first-order valence-electron chi connectivity index (χ1n) is 4.66. The van der Waals surface area contributed by atoms with E-state index in [0.717, 1.165) is 0 Å². The lowest BCUT2D eigenvalue weighted by molar-refractivity contribution is -0.275. The molecule has 0 amide bonds. The van der Waals surface area contributed by atoms with Gasteiger partial charge >= 0.3 is 12.3 Å². The summed E-state index contributed by atoms with van der Waals surface area (Å²) in [6.07, 6.45) is -7.96. The van der Waals surface area contributed by atoms with E-state index in [9.17, 15) is 26.7 Å². The van der Waals surface area contributed by atoms with Crippen molar-refractivity contribution in [2.45, 2.75) is 19.3 Å². The van der Waals surface area contributed by atoms with Crippen molar-refractivity contribution in [3.8, 4) is 5.75 Å². The summed E-state index contributed by atoms with van der Waals surface area (Å²) in [5, 5.41) is 8.67. The molecule has 0 aromatic carbocycles. The predicted octanol–water partition coefficient (Wildman–Crippen LogP) is 2.07. The zero-order chi connectivity index (χ0) is 14.8. The monoisotopic (exact) mass is 286 g/mol. The van der Waals surface area contributed by atoms with Crippen LogP contribution in [0.2, 0.25) is 0 Å². The van der Waals surface area contributed by atoms with Gasteiger partial charge in [0.2, 0.25) is 0 Å². The number of hydrogen-bond acceptors (Lipinski definition) is 4. The molecule has 1 aromatic heterocycles. The molecule has 0 saturated heterocycles. The number of carboxylic acids is 1. The highest BCUT2D eigenvalue weighted by atomic mass is 19.4. The zero-order valence-corrected chi connectivity index (χ0v) is 9.04. The van der Waals surface area contributed by atoms with Crippen molar-refractivity contribution in [3.63, 3.8) is 0 Å². The number of nitrogens with two attached hydrogens (primary N) is 1.